The summed E-state index contributed by atoms with van der Waals surface area (Å²) in [5, 5.41) is 13.7. The van der Waals surface area contributed by atoms with Gasteiger partial charge in [-0.1, -0.05) is 91.0 Å². The van der Waals surface area contributed by atoms with Crippen LogP contribution in [0.25, 0.3) is 0 Å². The Hall–Kier alpha value is -4.16. The van der Waals surface area contributed by atoms with Crippen LogP contribution in [0, 0.1) is 10.1 Å². The van der Waals surface area contributed by atoms with E-state index < -0.39 is 0 Å². The summed E-state index contributed by atoms with van der Waals surface area (Å²) < 4.78 is 0. The van der Waals surface area contributed by atoms with Crippen LogP contribution in [-0.2, 0) is 6.54 Å². The van der Waals surface area contributed by atoms with Crippen LogP contribution in [0.2, 0.25) is 0 Å². The first kappa shape index (κ1) is 21.1. The van der Waals surface area contributed by atoms with Crippen LogP contribution in [0.5, 0.6) is 0 Å². The van der Waals surface area contributed by atoms with Crippen LogP contribution >= 0.6 is 0 Å². The average molecular weight is 425 g/mol. The quantitative estimate of drug-likeness (QED) is 0.222. The number of hydrogen-bond donors (Lipinski definition) is 2. The van der Waals surface area contributed by atoms with Crippen molar-refractivity contribution >= 4 is 17.1 Å². The van der Waals surface area contributed by atoms with Gasteiger partial charge in [-0.15, -0.1) is 0 Å². The van der Waals surface area contributed by atoms with Gasteiger partial charge in [0, 0.05) is 23.9 Å². The number of nitrogens with one attached hydrogen (secondary N) is 1. The molecule has 6 heteroatoms. The number of benzene rings is 4. The minimum atomic E-state index is -0.387. The van der Waals surface area contributed by atoms with Gasteiger partial charge in [0.05, 0.1) is 11.0 Å². The molecule has 3 N–H and O–H groups in total. The number of rotatable bonds is 8. The Bertz CT molecular complexity index is 1180. The third-order valence-corrected chi connectivity index (χ3v) is 5.30. The van der Waals surface area contributed by atoms with Crippen molar-refractivity contribution in [2.75, 3.05) is 10.7 Å². The highest BCUT2D eigenvalue weighted by atomic mass is 16.6. The van der Waals surface area contributed by atoms with E-state index in [9.17, 15) is 10.1 Å². The normalized spacial score (nSPS) is 11.6. The van der Waals surface area contributed by atoms with E-state index in [2.05, 4.69) is 5.43 Å². The summed E-state index contributed by atoms with van der Waals surface area (Å²) in [7, 11) is 0. The molecule has 1 atom stereocenters. The second-order valence-corrected chi connectivity index (χ2v) is 7.38. The maximum atomic E-state index is 11.9. The third kappa shape index (κ3) is 4.61. The maximum absolute atomic E-state index is 11.9. The Morgan fingerprint density at radius 2 is 1.41 bits per heavy atom. The number of nitro benzene ring substituents is 1. The van der Waals surface area contributed by atoms with Gasteiger partial charge in [0.15, 0.2) is 0 Å². The van der Waals surface area contributed by atoms with Crippen molar-refractivity contribution in [1.29, 1.82) is 0 Å². The molecular formula is C26H24N4O2. The van der Waals surface area contributed by atoms with Crippen molar-refractivity contribution in [2.24, 2.45) is 0 Å². The molecule has 32 heavy (non-hydrogen) atoms. The zero-order valence-corrected chi connectivity index (χ0v) is 17.5. The van der Waals surface area contributed by atoms with Gasteiger partial charge >= 0.3 is 0 Å². The summed E-state index contributed by atoms with van der Waals surface area (Å²) in [4.78, 5) is 11.5. The topological polar surface area (TPSA) is 84.4 Å². The molecule has 0 saturated carbocycles. The van der Waals surface area contributed by atoms with E-state index in [4.69, 9.17) is 5.73 Å². The number of hydrazine groups is 1. The van der Waals surface area contributed by atoms with Crippen molar-refractivity contribution in [2.45, 2.75) is 12.6 Å². The van der Waals surface area contributed by atoms with Crippen LogP contribution in [0.1, 0.15) is 22.7 Å². The lowest BCUT2D eigenvalue weighted by atomic mass is 9.96. The molecule has 6 nitrogen and oxygen atoms in total. The minimum Gasteiger partial charge on any atom is -0.398 e. The molecule has 4 aromatic carbocycles. The molecule has 4 aromatic rings. The highest BCUT2D eigenvalue weighted by molar-refractivity contribution is 5.66. The predicted octanol–water partition coefficient (Wildman–Crippen LogP) is 5.48. The Morgan fingerprint density at radius 1 is 0.812 bits per heavy atom. The highest BCUT2D eigenvalue weighted by Gasteiger charge is 2.29. The lowest BCUT2D eigenvalue weighted by Gasteiger charge is -2.35. The SMILES string of the molecule is Nc1ccccc1C(c1ccccc1)N(NCc1ccccc1)c1ccccc1[N+](=O)[O-]. The molecule has 0 bridgehead atoms. The molecule has 0 radical (unpaired) electrons. The summed E-state index contributed by atoms with van der Waals surface area (Å²) in [6, 6.07) is 33.8. The maximum Gasteiger partial charge on any atom is 0.293 e. The number of nitro groups is 1. The smallest absolute Gasteiger partial charge is 0.293 e. The molecule has 0 saturated heterocycles. The van der Waals surface area contributed by atoms with Gasteiger partial charge in [-0.05, 0) is 23.3 Å². The monoisotopic (exact) mass is 424 g/mol. The minimum absolute atomic E-state index is 0.0171. The largest absolute Gasteiger partial charge is 0.398 e. The lowest BCUT2D eigenvalue weighted by molar-refractivity contribution is -0.384. The third-order valence-electron chi connectivity index (χ3n) is 5.30. The first-order valence-corrected chi connectivity index (χ1v) is 10.3. The van der Waals surface area contributed by atoms with E-state index in [1.54, 1.807) is 18.2 Å². The Balaban J connectivity index is 1.87. The van der Waals surface area contributed by atoms with Crippen LogP contribution in [-0.4, -0.2) is 4.92 Å². The first-order valence-electron chi connectivity index (χ1n) is 10.3. The number of anilines is 2. The molecule has 0 aromatic heterocycles. The second-order valence-electron chi connectivity index (χ2n) is 7.38. The molecule has 0 heterocycles. The molecule has 0 amide bonds. The van der Waals surface area contributed by atoms with Crippen molar-refractivity contribution < 1.29 is 4.92 Å². The van der Waals surface area contributed by atoms with Gasteiger partial charge in [-0.25, -0.2) is 5.43 Å². The number of nitrogen functional groups attached to an aromatic ring is 1. The lowest BCUT2D eigenvalue weighted by Crippen LogP contribution is -2.42. The fraction of sp³-hybridized carbons (Fsp3) is 0.0769. The fourth-order valence-electron chi connectivity index (χ4n) is 3.77. The molecule has 4 rings (SSSR count). The summed E-state index contributed by atoms with van der Waals surface area (Å²) in [5.74, 6) is 0. The van der Waals surface area contributed by atoms with E-state index in [0.29, 0.717) is 17.9 Å². The fourth-order valence-corrected chi connectivity index (χ4v) is 3.77. The summed E-state index contributed by atoms with van der Waals surface area (Å²) >= 11 is 0. The van der Waals surface area contributed by atoms with E-state index in [0.717, 1.165) is 16.7 Å². The highest BCUT2D eigenvalue weighted by Crippen LogP contribution is 2.38. The predicted molar refractivity (Wildman–Crippen MR) is 128 cm³/mol. The van der Waals surface area contributed by atoms with Crippen LogP contribution in [0.4, 0.5) is 17.1 Å². The molecule has 0 aliphatic heterocycles. The Labute approximate surface area is 187 Å². The average Bonchev–Trinajstić information content (AvgIpc) is 2.84. The molecule has 1 unspecified atom stereocenters. The standard InChI is InChI=1S/C26H24N4O2/c27-23-16-8-7-15-22(23)26(21-13-5-2-6-14-21)29(28-19-20-11-3-1-4-12-20)24-17-9-10-18-25(24)30(31)32/h1-18,26,28H,19,27H2. The Morgan fingerprint density at radius 3 is 2.09 bits per heavy atom. The zero-order chi connectivity index (χ0) is 22.3. The molecule has 0 aliphatic carbocycles. The van der Waals surface area contributed by atoms with Gasteiger partial charge < -0.3 is 5.73 Å². The van der Waals surface area contributed by atoms with E-state index in [1.807, 2.05) is 89.9 Å². The van der Waals surface area contributed by atoms with Gasteiger partial charge in [0.1, 0.15) is 5.69 Å². The van der Waals surface area contributed by atoms with Crippen molar-refractivity contribution in [1.82, 2.24) is 5.43 Å². The number of para-hydroxylation sites is 3. The summed E-state index contributed by atoms with van der Waals surface area (Å²) in [6.07, 6.45) is 0. The van der Waals surface area contributed by atoms with E-state index >= 15 is 0 Å². The number of nitrogens with two attached hydrogens (primary N) is 1. The number of hydrogen-bond acceptors (Lipinski definition) is 5. The van der Waals surface area contributed by atoms with Crippen LogP contribution in [0.3, 0.4) is 0 Å². The first-order chi connectivity index (χ1) is 15.6. The Kier molecular flexibility index (Phi) is 6.43. The zero-order valence-electron chi connectivity index (χ0n) is 17.5. The summed E-state index contributed by atoms with van der Waals surface area (Å²) in [5.41, 5.74) is 13.8. The molecular weight excluding hydrogens is 400 g/mol. The molecule has 0 spiro atoms. The summed E-state index contributed by atoms with van der Waals surface area (Å²) in [6.45, 7) is 0.489. The van der Waals surface area contributed by atoms with Crippen LogP contribution < -0.4 is 16.2 Å². The molecule has 0 fully saturated rings. The van der Waals surface area contributed by atoms with Gasteiger partial charge in [0.2, 0.25) is 0 Å². The van der Waals surface area contributed by atoms with E-state index in [-0.39, 0.29) is 16.7 Å². The second kappa shape index (κ2) is 9.76. The van der Waals surface area contributed by atoms with Crippen molar-refractivity contribution in [3.63, 3.8) is 0 Å². The molecule has 0 aliphatic rings. The van der Waals surface area contributed by atoms with Crippen molar-refractivity contribution in [3.8, 4) is 0 Å². The van der Waals surface area contributed by atoms with Crippen LogP contribution in [0.15, 0.2) is 109 Å². The van der Waals surface area contributed by atoms with Gasteiger partial charge in [-0.3, -0.25) is 15.1 Å². The molecule has 160 valence electrons. The number of nitrogens with zero attached hydrogens (tertiary/aromatic N) is 2. The van der Waals surface area contributed by atoms with Gasteiger partial charge in [-0.2, -0.15) is 0 Å². The van der Waals surface area contributed by atoms with Crippen molar-refractivity contribution in [3.05, 3.63) is 136 Å². The van der Waals surface area contributed by atoms with Gasteiger partial charge in [0.25, 0.3) is 5.69 Å². The van der Waals surface area contributed by atoms with E-state index in [1.165, 1.54) is 6.07 Å².